The fourth-order valence-electron chi connectivity index (χ4n) is 1.76. The molecule has 7 heteroatoms. The summed E-state index contributed by atoms with van der Waals surface area (Å²) in [4.78, 5) is 22.5. The highest BCUT2D eigenvalue weighted by molar-refractivity contribution is 6.44. The molecule has 0 saturated carbocycles. The Morgan fingerprint density at radius 3 is 2.62 bits per heavy atom. The lowest BCUT2D eigenvalue weighted by Crippen LogP contribution is -2.14. The average molecular weight is 325 g/mol. The van der Waals surface area contributed by atoms with Crippen LogP contribution in [0.2, 0.25) is 10.0 Å². The van der Waals surface area contributed by atoms with E-state index in [1.165, 1.54) is 18.2 Å². The van der Waals surface area contributed by atoms with Gasteiger partial charge >= 0.3 is 0 Å². The molecule has 0 aromatic heterocycles. The van der Waals surface area contributed by atoms with Gasteiger partial charge in [-0.15, -0.1) is 0 Å². The molecule has 2 aromatic carbocycles. The molecule has 0 bridgehead atoms. The van der Waals surface area contributed by atoms with Gasteiger partial charge in [-0.3, -0.25) is 14.9 Å². The van der Waals surface area contributed by atoms with Gasteiger partial charge in [-0.25, -0.2) is 0 Å². The third kappa shape index (κ3) is 3.32. The lowest BCUT2D eigenvalue weighted by Gasteiger charge is -2.09. The number of benzene rings is 2. The maximum Gasteiger partial charge on any atom is 0.270 e. The van der Waals surface area contributed by atoms with Crippen LogP contribution >= 0.6 is 23.2 Å². The Labute approximate surface area is 130 Å². The predicted octanol–water partition coefficient (Wildman–Crippen LogP) is 4.46. The highest BCUT2D eigenvalue weighted by Gasteiger charge is 2.16. The van der Waals surface area contributed by atoms with Crippen molar-refractivity contribution in [3.63, 3.8) is 0 Å². The summed E-state index contributed by atoms with van der Waals surface area (Å²) in [5.41, 5.74) is 1.03. The van der Waals surface area contributed by atoms with Gasteiger partial charge in [0.25, 0.3) is 11.6 Å². The summed E-state index contributed by atoms with van der Waals surface area (Å²) in [6.07, 6.45) is 0. The van der Waals surface area contributed by atoms with Crippen molar-refractivity contribution in [3.05, 3.63) is 67.7 Å². The second kappa shape index (κ2) is 6.11. The van der Waals surface area contributed by atoms with E-state index in [-0.39, 0.29) is 16.3 Å². The SMILES string of the molecule is Cc1ccc([N+](=O)[O-])cc1C(=O)Nc1cccc(Cl)c1Cl. The van der Waals surface area contributed by atoms with Crippen LogP contribution in [0.15, 0.2) is 36.4 Å². The molecule has 108 valence electrons. The van der Waals surface area contributed by atoms with Crippen LogP contribution in [0.4, 0.5) is 11.4 Å². The average Bonchev–Trinajstić information content (AvgIpc) is 2.44. The largest absolute Gasteiger partial charge is 0.321 e. The summed E-state index contributed by atoms with van der Waals surface area (Å²) in [5.74, 6) is -0.486. The van der Waals surface area contributed by atoms with E-state index in [2.05, 4.69) is 5.32 Å². The molecule has 5 nitrogen and oxygen atoms in total. The lowest BCUT2D eigenvalue weighted by molar-refractivity contribution is -0.384. The maximum absolute atomic E-state index is 12.2. The summed E-state index contributed by atoms with van der Waals surface area (Å²) in [7, 11) is 0. The Kier molecular flexibility index (Phi) is 4.45. The molecule has 0 aliphatic heterocycles. The zero-order chi connectivity index (χ0) is 15.6. The quantitative estimate of drug-likeness (QED) is 0.669. The second-order valence-corrected chi connectivity index (χ2v) is 5.10. The first kappa shape index (κ1) is 15.3. The van der Waals surface area contributed by atoms with E-state index >= 15 is 0 Å². The maximum atomic E-state index is 12.2. The third-order valence-corrected chi connectivity index (χ3v) is 3.70. The molecule has 0 saturated heterocycles. The lowest BCUT2D eigenvalue weighted by atomic mass is 10.1. The zero-order valence-electron chi connectivity index (χ0n) is 10.9. The standard InChI is InChI=1S/C14H10Cl2N2O3/c1-8-5-6-9(18(20)21)7-10(8)14(19)17-12-4-2-3-11(15)13(12)16/h2-7H,1H3,(H,17,19). The van der Waals surface area contributed by atoms with Crippen LogP contribution in [0.25, 0.3) is 0 Å². The van der Waals surface area contributed by atoms with Gasteiger partial charge in [-0.2, -0.15) is 0 Å². The molecule has 0 radical (unpaired) electrons. The van der Waals surface area contributed by atoms with Crippen LogP contribution in [-0.2, 0) is 0 Å². The van der Waals surface area contributed by atoms with Gasteiger partial charge in [-0.1, -0.05) is 35.3 Å². The zero-order valence-corrected chi connectivity index (χ0v) is 12.4. The van der Waals surface area contributed by atoms with E-state index in [1.54, 1.807) is 25.1 Å². The molecule has 0 spiro atoms. The fraction of sp³-hybridized carbons (Fsp3) is 0.0714. The van der Waals surface area contributed by atoms with Gasteiger partial charge < -0.3 is 5.32 Å². The molecule has 1 N–H and O–H groups in total. The van der Waals surface area contributed by atoms with E-state index in [1.807, 2.05) is 0 Å². The van der Waals surface area contributed by atoms with Crippen LogP contribution in [0.5, 0.6) is 0 Å². The number of nitro benzene ring substituents is 1. The van der Waals surface area contributed by atoms with Crippen molar-refractivity contribution in [2.45, 2.75) is 6.92 Å². The van der Waals surface area contributed by atoms with E-state index in [0.29, 0.717) is 16.3 Å². The molecule has 0 unspecified atom stereocenters. The number of halogens is 2. The van der Waals surface area contributed by atoms with Crippen LogP contribution < -0.4 is 5.32 Å². The molecule has 0 aliphatic rings. The number of hydrogen-bond donors (Lipinski definition) is 1. The molecule has 0 aliphatic carbocycles. The van der Waals surface area contributed by atoms with Gasteiger partial charge in [0, 0.05) is 17.7 Å². The van der Waals surface area contributed by atoms with Crippen molar-refractivity contribution >= 4 is 40.5 Å². The second-order valence-electron chi connectivity index (χ2n) is 4.31. The van der Waals surface area contributed by atoms with Crippen LogP contribution in [0.1, 0.15) is 15.9 Å². The van der Waals surface area contributed by atoms with Crippen molar-refractivity contribution in [2.24, 2.45) is 0 Å². The van der Waals surface area contributed by atoms with Crippen LogP contribution in [-0.4, -0.2) is 10.8 Å². The van der Waals surface area contributed by atoms with Gasteiger partial charge in [-0.05, 0) is 24.6 Å². The number of carbonyl (C=O) groups excluding carboxylic acids is 1. The number of carbonyl (C=O) groups is 1. The molecule has 2 rings (SSSR count). The summed E-state index contributed by atoms with van der Waals surface area (Å²) < 4.78 is 0. The minimum Gasteiger partial charge on any atom is -0.321 e. The van der Waals surface area contributed by atoms with Gasteiger partial charge in [0.05, 0.1) is 20.7 Å². The Morgan fingerprint density at radius 2 is 1.95 bits per heavy atom. The van der Waals surface area contributed by atoms with Gasteiger partial charge in [0.2, 0.25) is 0 Å². The first-order valence-electron chi connectivity index (χ1n) is 5.90. The number of non-ortho nitro benzene ring substituents is 1. The van der Waals surface area contributed by atoms with Crippen molar-refractivity contribution in [2.75, 3.05) is 5.32 Å². The minimum atomic E-state index is -0.553. The number of amides is 1. The number of rotatable bonds is 3. The highest BCUT2D eigenvalue weighted by Crippen LogP contribution is 2.30. The van der Waals surface area contributed by atoms with E-state index in [9.17, 15) is 14.9 Å². The summed E-state index contributed by atoms with van der Waals surface area (Å²) >= 11 is 11.9. The van der Waals surface area contributed by atoms with E-state index < -0.39 is 10.8 Å². The summed E-state index contributed by atoms with van der Waals surface area (Å²) in [5, 5.41) is 13.9. The first-order chi connectivity index (χ1) is 9.90. The number of hydrogen-bond acceptors (Lipinski definition) is 3. The van der Waals surface area contributed by atoms with Gasteiger partial charge in [0.15, 0.2) is 0 Å². The Bertz CT molecular complexity index is 732. The molecule has 1 amide bonds. The number of nitrogens with zero attached hydrogens (tertiary/aromatic N) is 1. The first-order valence-corrected chi connectivity index (χ1v) is 6.66. The van der Waals surface area contributed by atoms with Crippen molar-refractivity contribution in [3.8, 4) is 0 Å². The molecule has 0 heterocycles. The number of nitro groups is 1. The van der Waals surface area contributed by atoms with Gasteiger partial charge in [0.1, 0.15) is 0 Å². The number of aryl methyl sites for hydroxylation is 1. The van der Waals surface area contributed by atoms with Crippen LogP contribution in [0, 0.1) is 17.0 Å². The number of anilines is 1. The summed E-state index contributed by atoms with van der Waals surface area (Å²) in [6, 6.07) is 8.93. The topological polar surface area (TPSA) is 72.2 Å². The Morgan fingerprint density at radius 1 is 1.24 bits per heavy atom. The molecular formula is C14H10Cl2N2O3. The van der Waals surface area contributed by atoms with Crippen molar-refractivity contribution in [1.82, 2.24) is 0 Å². The third-order valence-electron chi connectivity index (χ3n) is 2.88. The number of nitrogens with one attached hydrogen (secondary N) is 1. The summed E-state index contributed by atoms with van der Waals surface area (Å²) in [6.45, 7) is 1.69. The van der Waals surface area contributed by atoms with E-state index in [0.717, 1.165) is 0 Å². The van der Waals surface area contributed by atoms with E-state index in [4.69, 9.17) is 23.2 Å². The highest BCUT2D eigenvalue weighted by atomic mass is 35.5. The molecule has 0 fully saturated rings. The molecule has 2 aromatic rings. The van der Waals surface area contributed by atoms with Crippen LogP contribution in [0.3, 0.4) is 0 Å². The van der Waals surface area contributed by atoms with Crippen molar-refractivity contribution in [1.29, 1.82) is 0 Å². The van der Waals surface area contributed by atoms with Crippen molar-refractivity contribution < 1.29 is 9.72 Å². The Balaban J connectivity index is 2.34. The fourth-order valence-corrected chi connectivity index (χ4v) is 2.11. The molecule has 21 heavy (non-hydrogen) atoms. The normalized spacial score (nSPS) is 10.2. The Hall–Kier alpha value is -2.11. The predicted molar refractivity (Wildman–Crippen MR) is 82.2 cm³/mol. The molecular weight excluding hydrogens is 315 g/mol. The monoisotopic (exact) mass is 324 g/mol. The molecule has 0 atom stereocenters. The minimum absolute atomic E-state index is 0.150. The smallest absolute Gasteiger partial charge is 0.270 e.